The lowest BCUT2D eigenvalue weighted by Gasteiger charge is -2.24. The number of urea groups is 1. The van der Waals surface area contributed by atoms with E-state index in [-0.39, 0.29) is 19.6 Å². The number of nitrogens with two attached hydrogens (primary N) is 1. The Morgan fingerprint density at radius 2 is 1.79 bits per heavy atom. The van der Waals surface area contributed by atoms with Crippen molar-refractivity contribution in [3.8, 4) is 0 Å². The molecule has 0 bridgehead atoms. The van der Waals surface area contributed by atoms with Gasteiger partial charge in [0.15, 0.2) is 0 Å². The van der Waals surface area contributed by atoms with Gasteiger partial charge in [-0.3, -0.25) is 9.59 Å². The number of rotatable bonds is 11. The Morgan fingerprint density at radius 3 is 2.27 bits per heavy atom. The van der Waals surface area contributed by atoms with E-state index in [1.54, 1.807) is 38.1 Å². The van der Waals surface area contributed by atoms with Crippen molar-refractivity contribution in [1.82, 2.24) is 10.6 Å². The van der Waals surface area contributed by atoms with Crippen molar-refractivity contribution < 1.29 is 23.9 Å². The summed E-state index contributed by atoms with van der Waals surface area (Å²) in [7, 11) is 0. The van der Waals surface area contributed by atoms with Gasteiger partial charge >= 0.3 is 6.03 Å². The van der Waals surface area contributed by atoms with E-state index in [1.165, 1.54) is 0 Å². The van der Waals surface area contributed by atoms with E-state index in [0.29, 0.717) is 17.7 Å². The number of hydrogen-bond acceptors (Lipinski definition) is 4. The van der Waals surface area contributed by atoms with Crippen LogP contribution in [0.2, 0.25) is 0 Å². The number of aliphatic hydroxyl groups excluding tert-OH is 1. The quantitative estimate of drug-likeness (QED) is 0.223. The molecule has 6 N–H and O–H groups in total. The van der Waals surface area contributed by atoms with Gasteiger partial charge in [-0.25, -0.2) is 9.18 Å². The summed E-state index contributed by atoms with van der Waals surface area (Å²) in [5.41, 5.74) is 6.16. The highest BCUT2D eigenvalue weighted by molar-refractivity contribution is 6.76. The van der Waals surface area contributed by atoms with E-state index in [1.807, 2.05) is 0 Å². The summed E-state index contributed by atoms with van der Waals surface area (Å²) >= 11 is 16.7. The molecule has 4 amide bonds. The standard InChI is InChI=1S/C21H28Cl3FN4O4/c1-12(2)17(29-19(32)21(22,23)24)16(25)10-14(4-3-9-27-20(26)33)18(31)28-15-7-5-13(11-30)6-8-15/h5-8,10,12,14,17,30H,3-4,9,11H2,1-2H3,(H,28,31)(H,29,32)(H3,26,27,33)/b16-10-/t14-,17?/m1/s1. The van der Waals surface area contributed by atoms with Gasteiger partial charge in [0, 0.05) is 12.2 Å². The van der Waals surface area contributed by atoms with Crippen molar-refractivity contribution in [3.05, 3.63) is 41.7 Å². The molecule has 1 aromatic rings. The molecular weight excluding hydrogens is 498 g/mol. The summed E-state index contributed by atoms with van der Waals surface area (Å²) in [6, 6.07) is 4.64. The van der Waals surface area contributed by atoms with Gasteiger partial charge in [0.2, 0.25) is 5.91 Å². The van der Waals surface area contributed by atoms with Crippen LogP contribution in [0.15, 0.2) is 36.2 Å². The van der Waals surface area contributed by atoms with Crippen LogP contribution in [0.25, 0.3) is 0 Å². The van der Waals surface area contributed by atoms with Gasteiger partial charge in [0.1, 0.15) is 5.83 Å². The van der Waals surface area contributed by atoms with Crippen molar-refractivity contribution in [2.45, 2.75) is 43.1 Å². The molecule has 0 aliphatic carbocycles. The largest absolute Gasteiger partial charge is 0.392 e. The van der Waals surface area contributed by atoms with E-state index >= 15 is 4.39 Å². The average molecular weight is 526 g/mol. The lowest BCUT2D eigenvalue weighted by Crippen LogP contribution is -2.44. The average Bonchev–Trinajstić information content (AvgIpc) is 2.73. The van der Waals surface area contributed by atoms with Crippen molar-refractivity contribution in [2.24, 2.45) is 17.6 Å². The summed E-state index contributed by atoms with van der Waals surface area (Å²) in [5, 5.41) is 16.6. The molecule has 0 aliphatic rings. The maximum absolute atomic E-state index is 15.2. The minimum Gasteiger partial charge on any atom is -0.392 e. The Bertz CT molecular complexity index is 845. The fourth-order valence-electron chi connectivity index (χ4n) is 2.83. The van der Waals surface area contributed by atoms with Gasteiger partial charge in [-0.05, 0) is 42.5 Å². The molecule has 0 aliphatic heterocycles. The molecule has 0 fully saturated rings. The minimum atomic E-state index is -2.27. The fourth-order valence-corrected chi connectivity index (χ4v) is 2.99. The fraction of sp³-hybridized carbons (Fsp3) is 0.476. The third-order valence-corrected chi connectivity index (χ3v) is 5.12. The zero-order chi connectivity index (χ0) is 25.2. The zero-order valence-corrected chi connectivity index (χ0v) is 20.5. The first kappa shape index (κ1) is 29.0. The lowest BCUT2D eigenvalue weighted by molar-refractivity contribution is -0.121. The summed E-state index contributed by atoms with van der Waals surface area (Å²) < 4.78 is 12.9. The monoisotopic (exact) mass is 524 g/mol. The van der Waals surface area contributed by atoms with Crippen molar-refractivity contribution in [1.29, 1.82) is 0 Å². The Kier molecular flexibility index (Phi) is 11.9. The molecular formula is C21H28Cl3FN4O4. The molecule has 0 saturated heterocycles. The molecule has 0 spiro atoms. The Labute approximate surface area is 207 Å². The number of anilines is 1. The van der Waals surface area contributed by atoms with Gasteiger partial charge < -0.3 is 26.8 Å². The van der Waals surface area contributed by atoms with Gasteiger partial charge in [-0.1, -0.05) is 60.8 Å². The SMILES string of the molecule is CC(C)C(NC(=O)C(Cl)(Cl)Cl)/C(F)=C/[C@@H](CCCNC(N)=O)C(=O)Nc1ccc(CO)cc1. The van der Waals surface area contributed by atoms with E-state index < -0.39 is 45.3 Å². The molecule has 0 aromatic heterocycles. The Balaban J connectivity index is 3.07. The van der Waals surface area contributed by atoms with Crippen molar-refractivity contribution >= 4 is 58.3 Å². The predicted molar refractivity (Wildman–Crippen MR) is 128 cm³/mol. The topological polar surface area (TPSA) is 134 Å². The third kappa shape index (κ3) is 10.6. The van der Waals surface area contributed by atoms with Crippen molar-refractivity contribution in [2.75, 3.05) is 11.9 Å². The van der Waals surface area contributed by atoms with E-state index in [0.717, 1.165) is 6.08 Å². The number of carbonyl (C=O) groups is 3. The highest BCUT2D eigenvalue weighted by Crippen LogP contribution is 2.28. The number of amides is 4. The molecule has 8 nitrogen and oxygen atoms in total. The van der Waals surface area contributed by atoms with Crippen LogP contribution in [0.5, 0.6) is 0 Å². The molecule has 33 heavy (non-hydrogen) atoms. The number of benzene rings is 1. The number of aliphatic hydroxyl groups is 1. The van der Waals surface area contributed by atoms with Gasteiger partial charge in [0.25, 0.3) is 9.70 Å². The highest BCUT2D eigenvalue weighted by atomic mass is 35.6. The Morgan fingerprint density at radius 1 is 1.18 bits per heavy atom. The second-order valence-electron chi connectivity index (χ2n) is 7.63. The summed E-state index contributed by atoms with van der Waals surface area (Å²) in [6.45, 7) is 3.36. The van der Waals surface area contributed by atoms with Crippen LogP contribution in [0.4, 0.5) is 14.9 Å². The van der Waals surface area contributed by atoms with Crippen LogP contribution in [-0.2, 0) is 16.2 Å². The zero-order valence-electron chi connectivity index (χ0n) is 18.2. The predicted octanol–water partition coefficient (Wildman–Crippen LogP) is 3.55. The number of alkyl halides is 3. The Hall–Kier alpha value is -2.07. The van der Waals surface area contributed by atoms with Gasteiger partial charge in [0.05, 0.1) is 18.6 Å². The first-order valence-electron chi connectivity index (χ1n) is 10.1. The highest BCUT2D eigenvalue weighted by Gasteiger charge is 2.34. The number of halogens is 4. The number of primary amides is 1. The van der Waals surface area contributed by atoms with Crippen LogP contribution in [0.1, 0.15) is 32.3 Å². The normalized spacial score (nSPS) is 13.9. The molecule has 184 valence electrons. The van der Waals surface area contributed by atoms with Crippen molar-refractivity contribution in [3.63, 3.8) is 0 Å². The van der Waals surface area contributed by atoms with Crippen LogP contribution in [0.3, 0.4) is 0 Å². The lowest BCUT2D eigenvalue weighted by atomic mass is 9.96. The minimum absolute atomic E-state index is 0.145. The number of carbonyl (C=O) groups excluding carboxylic acids is 3. The maximum Gasteiger partial charge on any atom is 0.312 e. The van der Waals surface area contributed by atoms with Crippen LogP contribution < -0.4 is 21.7 Å². The second-order valence-corrected chi connectivity index (χ2v) is 9.91. The number of nitrogens with one attached hydrogen (secondary N) is 3. The molecule has 0 saturated carbocycles. The summed E-state index contributed by atoms with van der Waals surface area (Å²) in [5.74, 6) is -3.63. The first-order valence-corrected chi connectivity index (χ1v) is 11.3. The molecule has 1 rings (SSSR count). The maximum atomic E-state index is 15.2. The summed E-state index contributed by atoms with van der Waals surface area (Å²) in [6.07, 6.45) is 1.61. The molecule has 1 unspecified atom stereocenters. The summed E-state index contributed by atoms with van der Waals surface area (Å²) in [4.78, 5) is 35.8. The van der Waals surface area contributed by atoms with Gasteiger partial charge in [-0.2, -0.15) is 0 Å². The third-order valence-electron chi connectivity index (χ3n) is 4.60. The van der Waals surface area contributed by atoms with E-state index in [2.05, 4.69) is 16.0 Å². The van der Waals surface area contributed by atoms with Crippen LogP contribution in [-0.4, -0.2) is 39.3 Å². The van der Waals surface area contributed by atoms with Crippen LogP contribution in [0, 0.1) is 11.8 Å². The van der Waals surface area contributed by atoms with E-state index in [4.69, 9.17) is 45.6 Å². The van der Waals surface area contributed by atoms with Gasteiger partial charge in [-0.15, -0.1) is 0 Å². The molecule has 1 aromatic carbocycles. The number of hydrogen-bond donors (Lipinski definition) is 5. The second kappa shape index (κ2) is 13.6. The first-order chi connectivity index (χ1) is 15.3. The molecule has 12 heteroatoms. The molecule has 0 radical (unpaired) electrons. The van der Waals surface area contributed by atoms with E-state index in [9.17, 15) is 14.4 Å². The molecule has 0 heterocycles. The van der Waals surface area contributed by atoms with Crippen LogP contribution >= 0.6 is 34.8 Å². The smallest absolute Gasteiger partial charge is 0.312 e. The molecule has 2 atom stereocenters.